The van der Waals surface area contributed by atoms with E-state index in [9.17, 15) is 9.59 Å². The normalized spacial score (nSPS) is 14.6. The van der Waals surface area contributed by atoms with Crippen molar-refractivity contribution in [1.29, 1.82) is 0 Å². The molecule has 2 aliphatic heterocycles. The van der Waals surface area contributed by atoms with E-state index in [1.54, 1.807) is 0 Å². The molecular formula is C30H34N4O3. The first-order chi connectivity index (χ1) is 18.1. The average molecular weight is 499 g/mol. The Hall–Kier alpha value is -4.00. The van der Waals surface area contributed by atoms with Crippen LogP contribution < -0.4 is 20.3 Å². The van der Waals surface area contributed by atoms with Gasteiger partial charge in [-0.2, -0.15) is 0 Å². The summed E-state index contributed by atoms with van der Waals surface area (Å²) in [5, 5.41) is 6.13. The van der Waals surface area contributed by atoms with Crippen molar-refractivity contribution in [2.24, 2.45) is 0 Å². The number of anilines is 3. The number of carbonyl (C=O) groups excluding carboxylic acids is 2. The first-order valence-electron chi connectivity index (χ1n) is 13.1. The Morgan fingerprint density at radius 2 is 1.65 bits per heavy atom. The van der Waals surface area contributed by atoms with Crippen LogP contribution in [0.25, 0.3) is 0 Å². The van der Waals surface area contributed by atoms with E-state index in [-0.39, 0.29) is 11.9 Å². The zero-order valence-electron chi connectivity index (χ0n) is 21.3. The molecule has 192 valence electrons. The predicted octanol–water partition coefficient (Wildman–Crippen LogP) is 5.25. The summed E-state index contributed by atoms with van der Waals surface area (Å²) >= 11 is 0. The molecule has 2 aliphatic rings. The molecule has 5 rings (SSSR count). The molecule has 1 saturated heterocycles. The summed E-state index contributed by atoms with van der Waals surface area (Å²) in [7, 11) is 0. The number of ether oxygens (including phenoxy) is 1. The van der Waals surface area contributed by atoms with Crippen LogP contribution in [0.15, 0.2) is 66.7 Å². The van der Waals surface area contributed by atoms with E-state index >= 15 is 0 Å². The number of nitrogens with zero attached hydrogens (tertiary/aromatic N) is 2. The molecule has 37 heavy (non-hydrogen) atoms. The maximum Gasteiger partial charge on any atom is 0.321 e. The number of benzene rings is 3. The summed E-state index contributed by atoms with van der Waals surface area (Å²) in [5.41, 5.74) is 6.19. The molecule has 0 aromatic heterocycles. The minimum Gasteiger partial charge on any atom is -0.493 e. The van der Waals surface area contributed by atoms with Gasteiger partial charge in [-0.1, -0.05) is 36.4 Å². The summed E-state index contributed by atoms with van der Waals surface area (Å²) in [5.74, 6) is 0.909. The number of aryl methyl sites for hydroxylation is 2. The van der Waals surface area contributed by atoms with E-state index in [2.05, 4.69) is 27.7 Å². The second-order valence-corrected chi connectivity index (χ2v) is 9.67. The van der Waals surface area contributed by atoms with Crippen LogP contribution in [-0.2, 0) is 17.6 Å². The van der Waals surface area contributed by atoms with Crippen molar-refractivity contribution in [3.63, 3.8) is 0 Å². The third-order valence-electron chi connectivity index (χ3n) is 7.12. The second-order valence-electron chi connectivity index (χ2n) is 9.67. The molecule has 2 heterocycles. The molecule has 0 spiro atoms. The second kappa shape index (κ2) is 11.4. The van der Waals surface area contributed by atoms with Gasteiger partial charge in [0.15, 0.2) is 0 Å². The SMILES string of the molecule is Cc1ccc2c(c1NC(=O)N1CCN(c3ccc(NC(=O)CCCc4ccccc4)cc3)CC1)CCO2. The van der Waals surface area contributed by atoms with Gasteiger partial charge >= 0.3 is 6.03 Å². The monoisotopic (exact) mass is 498 g/mol. The molecule has 0 unspecified atom stereocenters. The fraction of sp³-hybridized carbons (Fsp3) is 0.333. The Bertz CT molecular complexity index is 1240. The Morgan fingerprint density at radius 3 is 2.41 bits per heavy atom. The number of piperazine rings is 1. The van der Waals surface area contributed by atoms with Crippen LogP contribution in [0.1, 0.15) is 29.5 Å². The van der Waals surface area contributed by atoms with Crippen molar-refractivity contribution in [3.05, 3.63) is 83.4 Å². The van der Waals surface area contributed by atoms with Gasteiger partial charge in [0.25, 0.3) is 0 Å². The molecule has 0 saturated carbocycles. The van der Waals surface area contributed by atoms with Gasteiger partial charge in [0.05, 0.1) is 12.3 Å². The van der Waals surface area contributed by atoms with Crippen molar-refractivity contribution in [2.75, 3.05) is 48.3 Å². The summed E-state index contributed by atoms with van der Waals surface area (Å²) in [6.07, 6.45) is 3.05. The Morgan fingerprint density at radius 1 is 0.892 bits per heavy atom. The highest BCUT2D eigenvalue weighted by Gasteiger charge is 2.24. The molecule has 3 aromatic rings. The lowest BCUT2D eigenvalue weighted by Crippen LogP contribution is -2.50. The van der Waals surface area contributed by atoms with Gasteiger partial charge in [0.1, 0.15) is 5.75 Å². The van der Waals surface area contributed by atoms with Gasteiger partial charge in [-0.3, -0.25) is 4.79 Å². The standard InChI is InChI=1S/C30H34N4O3/c1-22-10-15-27-26(16-21-37-27)29(22)32-30(36)34-19-17-33(18-20-34)25-13-11-24(12-14-25)31-28(35)9-5-8-23-6-3-2-4-7-23/h2-4,6-7,10-15H,5,8-9,16-21H2,1H3,(H,31,35)(H,32,36). The van der Waals surface area contributed by atoms with Crippen molar-refractivity contribution >= 4 is 29.0 Å². The summed E-state index contributed by atoms with van der Waals surface area (Å²) in [6, 6.07) is 22.1. The van der Waals surface area contributed by atoms with Crippen LogP contribution in [0.2, 0.25) is 0 Å². The van der Waals surface area contributed by atoms with E-state index < -0.39 is 0 Å². The van der Waals surface area contributed by atoms with Crippen LogP contribution in [0.5, 0.6) is 5.75 Å². The first-order valence-corrected chi connectivity index (χ1v) is 13.1. The van der Waals surface area contributed by atoms with Crippen LogP contribution >= 0.6 is 0 Å². The molecule has 2 N–H and O–H groups in total. The zero-order valence-corrected chi connectivity index (χ0v) is 21.3. The lowest BCUT2D eigenvalue weighted by atomic mass is 10.1. The maximum atomic E-state index is 13.0. The molecule has 7 nitrogen and oxygen atoms in total. The Labute approximate surface area is 218 Å². The van der Waals surface area contributed by atoms with Gasteiger partial charge in [-0.25, -0.2) is 4.79 Å². The number of rotatable bonds is 7. The van der Waals surface area contributed by atoms with E-state index in [4.69, 9.17) is 4.74 Å². The number of amides is 3. The van der Waals surface area contributed by atoms with Crippen LogP contribution in [-0.4, -0.2) is 49.6 Å². The van der Waals surface area contributed by atoms with Crippen molar-refractivity contribution < 1.29 is 14.3 Å². The highest BCUT2D eigenvalue weighted by molar-refractivity contribution is 5.92. The fourth-order valence-corrected chi connectivity index (χ4v) is 5.00. The molecule has 3 aromatic carbocycles. The molecule has 0 radical (unpaired) electrons. The highest BCUT2D eigenvalue weighted by Crippen LogP contribution is 2.34. The Balaban J connectivity index is 1.08. The number of urea groups is 1. The fourth-order valence-electron chi connectivity index (χ4n) is 5.00. The molecule has 0 atom stereocenters. The van der Waals surface area contributed by atoms with Crippen molar-refractivity contribution in [2.45, 2.75) is 32.6 Å². The van der Waals surface area contributed by atoms with Crippen LogP contribution in [0.4, 0.5) is 21.9 Å². The van der Waals surface area contributed by atoms with E-state index in [1.165, 1.54) is 5.56 Å². The lowest BCUT2D eigenvalue weighted by Gasteiger charge is -2.36. The Kier molecular flexibility index (Phi) is 7.59. The molecule has 7 heteroatoms. The third-order valence-corrected chi connectivity index (χ3v) is 7.12. The molecule has 0 aliphatic carbocycles. The van der Waals surface area contributed by atoms with Gasteiger partial charge in [0.2, 0.25) is 5.91 Å². The van der Waals surface area contributed by atoms with Gasteiger partial charge in [-0.15, -0.1) is 0 Å². The molecule has 3 amide bonds. The largest absolute Gasteiger partial charge is 0.493 e. The maximum absolute atomic E-state index is 13.0. The number of hydrogen-bond donors (Lipinski definition) is 2. The van der Waals surface area contributed by atoms with E-state index in [0.29, 0.717) is 26.1 Å². The van der Waals surface area contributed by atoms with E-state index in [1.807, 2.05) is 66.4 Å². The molecule has 0 bridgehead atoms. The first kappa shape index (κ1) is 24.7. The van der Waals surface area contributed by atoms with Gasteiger partial charge < -0.3 is 25.2 Å². The van der Waals surface area contributed by atoms with Gasteiger partial charge in [-0.05, 0) is 61.2 Å². The topological polar surface area (TPSA) is 73.9 Å². The average Bonchev–Trinajstić information content (AvgIpc) is 3.41. The van der Waals surface area contributed by atoms with Crippen molar-refractivity contribution in [3.8, 4) is 5.75 Å². The quantitative estimate of drug-likeness (QED) is 0.467. The lowest BCUT2D eigenvalue weighted by molar-refractivity contribution is -0.116. The number of carbonyl (C=O) groups is 2. The van der Waals surface area contributed by atoms with Crippen LogP contribution in [0, 0.1) is 6.92 Å². The van der Waals surface area contributed by atoms with Crippen LogP contribution in [0.3, 0.4) is 0 Å². The zero-order chi connectivity index (χ0) is 25.6. The summed E-state index contributed by atoms with van der Waals surface area (Å²) in [4.78, 5) is 29.5. The molecular weight excluding hydrogens is 464 g/mol. The minimum atomic E-state index is -0.0617. The molecule has 1 fully saturated rings. The number of fused-ring (bicyclic) bond motifs is 1. The van der Waals surface area contributed by atoms with Crippen molar-refractivity contribution in [1.82, 2.24) is 4.90 Å². The van der Waals surface area contributed by atoms with E-state index in [0.717, 1.165) is 66.3 Å². The predicted molar refractivity (Wildman–Crippen MR) is 148 cm³/mol. The minimum absolute atomic E-state index is 0.0363. The summed E-state index contributed by atoms with van der Waals surface area (Å²) < 4.78 is 5.65. The number of nitrogens with one attached hydrogen (secondary N) is 2. The van der Waals surface area contributed by atoms with Gasteiger partial charge in [0, 0.05) is 56.0 Å². The smallest absolute Gasteiger partial charge is 0.321 e. The third kappa shape index (κ3) is 6.05. The summed E-state index contributed by atoms with van der Waals surface area (Å²) in [6.45, 7) is 5.49. The highest BCUT2D eigenvalue weighted by atomic mass is 16.5. The number of hydrogen-bond acceptors (Lipinski definition) is 4.